The number of anilines is 2. The average Bonchev–Trinajstić information content (AvgIpc) is 3.44. The lowest BCUT2D eigenvalue weighted by Crippen LogP contribution is -2.36. The first-order valence-electron chi connectivity index (χ1n) is 13.2. The monoisotopic (exact) mass is 485 g/mol. The summed E-state index contributed by atoms with van der Waals surface area (Å²) in [6.07, 6.45) is 0. The summed E-state index contributed by atoms with van der Waals surface area (Å²) in [5.74, 6) is 0.907. The third kappa shape index (κ3) is 2.90. The summed E-state index contributed by atoms with van der Waals surface area (Å²) in [6.45, 7) is 6.38. The van der Waals surface area contributed by atoms with Gasteiger partial charge in [0.15, 0.2) is 5.60 Å². The number of nitrogens with one attached hydrogen (secondary N) is 1. The fourth-order valence-electron chi connectivity index (χ4n) is 6.40. The van der Waals surface area contributed by atoms with Crippen molar-refractivity contribution in [3.05, 3.63) is 102 Å². The number of hydrogen-bond acceptors (Lipinski definition) is 3. The topological polar surface area (TPSA) is 31.5 Å². The minimum absolute atomic E-state index is 0.736. The molecule has 2 heterocycles. The van der Waals surface area contributed by atoms with Crippen molar-refractivity contribution in [2.45, 2.75) is 19.4 Å². The van der Waals surface area contributed by atoms with Crippen LogP contribution in [0.15, 0.2) is 84.9 Å². The van der Waals surface area contributed by atoms with Gasteiger partial charge in [-0.15, -0.1) is 0 Å². The predicted octanol–water partition coefficient (Wildman–Crippen LogP) is 7.41. The molecule has 1 spiro atoms. The van der Waals surface area contributed by atoms with Gasteiger partial charge in [-0.1, -0.05) is 42.5 Å². The molecular weight excluding hydrogens is 454 g/mol. The van der Waals surface area contributed by atoms with Gasteiger partial charge >= 0.3 is 0 Å². The van der Waals surface area contributed by atoms with Crippen molar-refractivity contribution in [1.29, 1.82) is 0 Å². The highest BCUT2D eigenvalue weighted by Gasteiger charge is 2.52. The molecule has 0 saturated carbocycles. The van der Waals surface area contributed by atoms with Crippen molar-refractivity contribution >= 4 is 22.3 Å². The summed E-state index contributed by atoms with van der Waals surface area (Å²) < 4.78 is 7.23. The Morgan fingerprint density at radius 1 is 0.730 bits per heavy atom. The molecule has 0 saturated heterocycles. The summed E-state index contributed by atoms with van der Waals surface area (Å²) in [5, 5.41) is 1.20. The summed E-state index contributed by atoms with van der Waals surface area (Å²) in [6, 6.07) is 30.8. The van der Waals surface area contributed by atoms with E-state index in [9.17, 15) is 0 Å². The lowest BCUT2D eigenvalue weighted by atomic mass is 9.79. The highest BCUT2D eigenvalue weighted by atomic mass is 16.5. The van der Waals surface area contributed by atoms with E-state index in [1.807, 2.05) is 0 Å². The molecule has 0 radical (unpaired) electrons. The lowest BCUT2D eigenvalue weighted by Gasteiger charge is -2.38. The zero-order valence-corrected chi connectivity index (χ0v) is 21.8. The average molecular weight is 486 g/mol. The predicted molar refractivity (Wildman–Crippen MR) is 154 cm³/mol. The quantitative estimate of drug-likeness (QED) is 0.288. The van der Waals surface area contributed by atoms with Gasteiger partial charge in [0.05, 0.1) is 5.69 Å². The number of ether oxygens (including phenoxy) is 1. The number of fused-ring (bicyclic) bond motifs is 11. The molecule has 2 aliphatic rings. The molecule has 1 aromatic heterocycles. The summed E-state index contributed by atoms with van der Waals surface area (Å²) in [4.78, 5) is 8.35. The number of benzene rings is 4. The Morgan fingerprint density at radius 3 is 2.11 bits per heavy atom. The first-order chi connectivity index (χ1) is 18.1. The molecule has 4 aromatic carbocycles. The van der Waals surface area contributed by atoms with E-state index >= 15 is 0 Å². The Balaban J connectivity index is 1.61. The molecular formula is C33H31N3O. The van der Waals surface area contributed by atoms with Gasteiger partial charge in [-0.25, -0.2) is 0 Å². The number of nitrogens with zero attached hydrogens (tertiary/aromatic N) is 2. The smallest absolute Gasteiger partial charge is 0.188 e. The minimum atomic E-state index is -0.736. The molecule has 1 atom stereocenters. The molecule has 184 valence electrons. The van der Waals surface area contributed by atoms with Crippen molar-refractivity contribution < 1.29 is 4.74 Å². The number of aromatic amines is 1. The number of para-hydroxylation sites is 2. The fourth-order valence-corrected chi connectivity index (χ4v) is 6.40. The van der Waals surface area contributed by atoms with E-state index in [-0.39, 0.29) is 0 Å². The van der Waals surface area contributed by atoms with E-state index in [1.54, 1.807) is 0 Å². The van der Waals surface area contributed by atoms with Crippen LogP contribution < -0.4 is 14.5 Å². The largest absolute Gasteiger partial charge is 0.472 e. The molecule has 7 rings (SSSR count). The van der Waals surface area contributed by atoms with Gasteiger partial charge in [0.25, 0.3) is 0 Å². The third-order valence-electron chi connectivity index (χ3n) is 8.18. The number of rotatable bonds is 4. The molecule has 0 bridgehead atoms. The molecule has 4 nitrogen and oxygen atoms in total. The van der Waals surface area contributed by atoms with Crippen molar-refractivity contribution in [2.24, 2.45) is 0 Å². The molecule has 5 aromatic rings. The van der Waals surface area contributed by atoms with Gasteiger partial charge < -0.3 is 19.5 Å². The van der Waals surface area contributed by atoms with Crippen LogP contribution in [0.5, 0.6) is 5.75 Å². The van der Waals surface area contributed by atoms with Crippen LogP contribution in [-0.4, -0.2) is 32.2 Å². The van der Waals surface area contributed by atoms with Gasteiger partial charge in [0, 0.05) is 71.7 Å². The van der Waals surface area contributed by atoms with E-state index in [1.165, 1.54) is 44.6 Å². The van der Waals surface area contributed by atoms with Crippen LogP contribution in [0.3, 0.4) is 0 Å². The highest BCUT2D eigenvalue weighted by Crippen LogP contribution is 2.60. The van der Waals surface area contributed by atoms with E-state index in [0.29, 0.717) is 0 Å². The van der Waals surface area contributed by atoms with Crippen molar-refractivity contribution in [3.8, 4) is 28.1 Å². The first-order valence-corrected chi connectivity index (χ1v) is 13.2. The minimum Gasteiger partial charge on any atom is -0.472 e. The normalized spacial score (nSPS) is 16.6. The molecule has 1 N–H and O–H groups in total. The third-order valence-corrected chi connectivity index (χ3v) is 8.18. The standard InChI is InChI=1S/C33H31N3O/c1-5-36(6-2)22-16-18-28-26(20-22)25-19-21(35(3)4)15-17-27(25)33(28)31-23-11-7-9-13-29(23)34-32(31)24-12-8-10-14-30(24)37-33/h7-20,34H,5-6H2,1-4H3. The first kappa shape index (κ1) is 22.1. The second kappa shape index (κ2) is 7.91. The molecule has 0 fully saturated rings. The number of H-pyrrole nitrogens is 1. The molecule has 1 aliphatic heterocycles. The second-order valence-electron chi connectivity index (χ2n) is 10.2. The maximum absolute atomic E-state index is 7.23. The van der Waals surface area contributed by atoms with E-state index in [4.69, 9.17) is 4.74 Å². The summed E-state index contributed by atoms with van der Waals surface area (Å²) in [5.41, 5.74) is 11.2. The van der Waals surface area contributed by atoms with Gasteiger partial charge in [-0.05, 0) is 67.4 Å². The maximum atomic E-state index is 7.23. The molecule has 1 aliphatic carbocycles. The van der Waals surface area contributed by atoms with Gasteiger partial charge in [-0.3, -0.25) is 0 Å². The Hall–Kier alpha value is -4.18. The summed E-state index contributed by atoms with van der Waals surface area (Å²) in [7, 11) is 4.20. The Morgan fingerprint density at radius 2 is 1.38 bits per heavy atom. The zero-order valence-electron chi connectivity index (χ0n) is 21.8. The Labute approximate surface area is 218 Å². The van der Waals surface area contributed by atoms with Gasteiger partial charge in [0.2, 0.25) is 0 Å². The molecule has 0 amide bonds. The van der Waals surface area contributed by atoms with Crippen LogP contribution in [-0.2, 0) is 5.60 Å². The zero-order chi connectivity index (χ0) is 25.3. The lowest BCUT2D eigenvalue weighted by molar-refractivity contribution is 0.158. The van der Waals surface area contributed by atoms with Crippen molar-refractivity contribution in [1.82, 2.24) is 4.98 Å². The van der Waals surface area contributed by atoms with Crippen LogP contribution in [0.1, 0.15) is 30.5 Å². The van der Waals surface area contributed by atoms with Crippen LogP contribution in [0.2, 0.25) is 0 Å². The Bertz CT molecular complexity index is 1680. The second-order valence-corrected chi connectivity index (χ2v) is 10.2. The van der Waals surface area contributed by atoms with Crippen molar-refractivity contribution in [3.63, 3.8) is 0 Å². The summed E-state index contributed by atoms with van der Waals surface area (Å²) >= 11 is 0. The molecule has 4 heteroatoms. The van der Waals surface area contributed by atoms with E-state index in [0.717, 1.165) is 35.6 Å². The number of aromatic nitrogens is 1. The number of hydrogen-bond donors (Lipinski definition) is 1. The SMILES string of the molecule is CCN(CC)c1ccc2c(c1)-c1cc(N(C)C)ccc1C21Oc2ccccc2-c2[nH]c3ccccc3c21. The van der Waals surface area contributed by atoms with E-state index < -0.39 is 5.60 Å². The Kier molecular flexibility index (Phi) is 4.71. The van der Waals surface area contributed by atoms with Crippen LogP contribution in [0, 0.1) is 0 Å². The highest BCUT2D eigenvalue weighted by molar-refractivity contribution is 5.99. The van der Waals surface area contributed by atoms with Crippen LogP contribution in [0.4, 0.5) is 11.4 Å². The van der Waals surface area contributed by atoms with Gasteiger partial charge in [0.1, 0.15) is 5.75 Å². The fraction of sp³-hybridized carbons (Fsp3) is 0.212. The molecule has 37 heavy (non-hydrogen) atoms. The maximum Gasteiger partial charge on any atom is 0.188 e. The van der Waals surface area contributed by atoms with Crippen molar-refractivity contribution in [2.75, 3.05) is 37.0 Å². The molecule has 1 unspecified atom stereocenters. The van der Waals surface area contributed by atoms with Crippen LogP contribution >= 0.6 is 0 Å². The van der Waals surface area contributed by atoms with E-state index in [2.05, 4.69) is 128 Å². The van der Waals surface area contributed by atoms with Gasteiger partial charge in [-0.2, -0.15) is 0 Å². The van der Waals surface area contributed by atoms with Crippen LogP contribution in [0.25, 0.3) is 33.3 Å².